The summed E-state index contributed by atoms with van der Waals surface area (Å²) in [6.45, 7) is 5.75. The average Bonchev–Trinajstić information content (AvgIpc) is 3.39. The molecule has 4 rings (SSSR count). The van der Waals surface area contributed by atoms with Gasteiger partial charge in [0.25, 0.3) is 0 Å². The molecule has 0 fully saturated rings. The molecular weight excluding hydrogens is 516 g/mol. The first kappa shape index (κ1) is 29.6. The van der Waals surface area contributed by atoms with Crippen molar-refractivity contribution in [3.8, 4) is 0 Å². The quantitative estimate of drug-likeness (QED) is 0.223. The number of fused-ring (bicyclic) bond motifs is 1. The normalized spacial score (nSPS) is 13.5. The summed E-state index contributed by atoms with van der Waals surface area (Å²) in [5.74, 6) is -1.19. The van der Waals surface area contributed by atoms with Crippen LogP contribution in [0.4, 0.5) is 0 Å². The summed E-state index contributed by atoms with van der Waals surface area (Å²) in [4.78, 5) is 47.5. The minimum absolute atomic E-state index is 0.0341. The van der Waals surface area contributed by atoms with E-state index < -0.39 is 12.0 Å². The summed E-state index contributed by atoms with van der Waals surface area (Å²) in [5, 5.41) is 11.0. The summed E-state index contributed by atoms with van der Waals surface area (Å²) < 4.78 is 0. The molecular formula is C33H38N4O4. The van der Waals surface area contributed by atoms with E-state index >= 15 is 0 Å². The van der Waals surface area contributed by atoms with E-state index in [1.165, 1.54) is 4.85 Å². The molecule has 8 heteroatoms. The molecule has 0 saturated heterocycles. The Balaban J connectivity index is 1.49. The van der Waals surface area contributed by atoms with Gasteiger partial charge in [0.1, 0.15) is 16.8 Å². The molecule has 0 aliphatic heterocycles. The third kappa shape index (κ3) is 8.10. The Morgan fingerprint density at radius 1 is 0.878 bits per heavy atom. The minimum Gasteiger partial charge on any atom is -0.387 e. The van der Waals surface area contributed by atoms with Crippen molar-refractivity contribution in [1.29, 1.82) is 0 Å². The molecule has 1 N–H and O–H groups in total. The van der Waals surface area contributed by atoms with Gasteiger partial charge in [-0.25, -0.2) is 0 Å². The number of nitrogens with zero attached hydrogens (tertiary/aromatic N) is 3. The number of rotatable bonds is 15. The van der Waals surface area contributed by atoms with Gasteiger partial charge < -0.3 is 10.2 Å². The molecule has 0 aliphatic carbocycles. The summed E-state index contributed by atoms with van der Waals surface area (Å²) in [5.41, 5.74) is 3.15. The van der Waals surface area contributed by atoms with Crippen LogP contribution < -0.4 is 10.2 Å². The van der Waals surface area contributed by atoms with E-state index in [-0.39, 0.29) is 42.3 Å². The van der Waals surface area contributed by atoms with Crippen LogP contribution in [0, 0.1) is 11.8 Å². The smallest absolute Gasteiger partial charge is 0.224 e. The molecule has 3 aromatic carbocycles. The molecule has 0 radical (unpaired) electrons. The van der Waals surface area contributed by atoms with Crippen LogP contribution in [0.5, 0.6) is 0 Å². The lowest BCUT2D eigenvalue weighted by Gasteiger charge is -2.24. The summed E-state index contributed by atoms with van der Waals surface area (Å²) in [6, 6.07) is 25.7. The topological polar surface area (TPSA) is 103 Å². The Labute approximate surface area is 241 Å². The number of amides is 1. The van der Waals surface area contributed by atoms with Crippen molar-refractivity contribution in [3.63, 3.8) is 0 Å². The number of Topliss-reactive ketones (excluding diaryl/α,β-unsaturated/α-hetero) is 2. The third-order valence-electron chi connectivity index (χ3n) is 7.21. The van der Waals surface area contributed by atoms with Crippen LogP contribution in [-0.4, -0.2) is 45.3 Å². The van der Waals surface area contributed by atoms with Gasteiger partial charge >= 0.3 is 0 Å². The maximum absolute atomic E-state index is 13.7. The maximum atomic E-state index is 13.7. The fourth-order valence-electron chi connectivity index (χ4n) is 5.12. The standard InChI is InChI=1S/C33H38N4O4/c1-4-27(25-15-9-6-10-16-25)31(38)21-26(19-23(2)3)33(40)34-29(20-24-13-7-5-8-14-24)32(39)22-41-37-30-18-12-11-17-28(30)35-36-37/h5-18,23,26-27,29H,4,19-22H2,1-3H3,(H,34,40)/t26-,27-,29?/m0/s1. The van der Waals surface area contributed by atoms with Crippen LogP contribution in [0.2, 0.25) is 0 Å². The first-order valence-corrected chi connectivity index (χ1v) is 14.2. The van der Waals surface area contributed by atoms with Gasteiger partial charge in [-0.1, -0.05) is 98.4 Å². The van der Waals surface area contributed by atoms with E-state index in [9.17, 15) is 14.4 Å². The zero-order chi connectivity index (χ0) is 29.2. The van der Waals surface area contributed by atoms with Crippen molar-refractivity contribution in [3.05, 3.63) is 96.1 Å². The predicted octanol–water partition coefficient (Wildman–Crippen LogP) is 4.97. The fourth-order valence-corrected chi connectivity index (χ4v) is 5.12. The lowest BCUT2D eigenvalue weighted by molar-refractivity contribution is -0.134. The number of hydrogen-bond acceptors (Lipinski definition) is 6. The summed E-state index contributed by atoms with van der Waals surface area (Å²) in [7, 11) is 0. The molecule has 1 unspecified atom stereocenters. The van der Waals surface area contributed by atoms with Crippen molar-refractivity contribution in [2.24, 2.45) is 11.8 Å². The molecule has 0 bridgehead atoms. The minimum atomic E-state index is -0.833. The van der Waals surface area contributed by atoms with Crippen molar-refractivity contribution in [2.75, 3.05) is 6.61 Å². The molecule has 41 heavy (non-hydrogen) atoms. The molecule has 1 aromatic heterocycles. The zero-order valence-electron chi connectivity index (χ0n) is 23.9. The second-order valence-electron chi connectivity index (χ2n) is 10.8. The number of nitrogens with one attached hydrogen (secondary N) is 1. The number of aromatic nitrogens is 3. The first-order chi connectivity index (χ1) is 19.9. The van der Waals surface area contributed by atoms with Crippen molar-refractivity contribution < 1.29 is 19.2 Å². The number of hydrogen-bond donors (Lipinski definition) is 1. The van der Waals surface area contributed by atoms with Crippen LogP contribution in [-0.2, 0) is 20.8 Å². The van der Waals surface area contributed by atoms with Crippen LogP contribution in [0.15, 0.2) is 84.9 Å². The molecule has 8 nitrogen and oxygen atoms in total. The third-order valence-corrected chi connectivity index (χ3v) is 7.21. The van der Waals surface area contributed by atoms with Gasteiger partial charge in [0.2, 0.25) is 5.91 Å². The highest BCUT2D eigenvalue weighted by Crippen LogP contribution is 2.26. The number of carbonyl (C=O) groups excluding carboxylic acids is 3. The lowest BCUT2D eigenvalue weighted by Crippen LogP contribution is -2.47. The molecule has 3 atom stereocenters. The average molecular weight is 555 g/mol. The Kier molecular flexibility index (Phi) is 10.4. The zero-order valence-corrected chi connectivity index (χ0v) is 23.9. The van der Waals surface area contributed by atoms with Gasteiger partial charge in [-0.2, -0.15) is 0 Å². The molecule has 4 aromatic rings. The molecule has 0 saturated carbocycles. The second-order valence-corrected chi connectivity index (χ2v) is 10.8. The molecule has 1 heterocycles. The van der Waals surface area contributed by atoms with Crippen LogP contribution in [0.3, 0.4) is 0 Å². The monoisotopic (exact) mass is 554 g/mol. The van der Waals surface area contributed by atoms with Gasteiger partial charge in [-0.3, -0.25) is 14.4 Å². The van der Waals surface area contributed by atoms with Gasteiger partial charge in [0, 0.05) is 18.3 Å². The summed E-state index contributed by atoms with van der Waals surface area (Å²) >= 11 is 0. The van der Waals surface area contributed by atoms with E-state index in [0.29, 0.717) is 30.3 Å². The van der Waals surface area contributed by atoms with E-state index in [2.05, 4.69) is 15.6 Å². The van der Waals surface area contributed by atoms with E-state index in [1.807, 2.05) is 93.6 Å². The molecule has 0 spiro atoms. The largest absolute Gasteiger partial charge is 0.387 e. The Morgan fingerprint density at radius 2 is 1.54 bits per heavy atom. The van der Waals surface area contributed by atoms with Gasteiger partial charge in [0.15, 0.2) is 12.4 Å². The van der Waals surface area contributed by atoms with Crippen molar-refractivity contribution in [1.82, 2.24) is 20.5 Å². The van der Waals surface area contributed by atoms with E-state index in [0.717, 1.165) is 11.1 Å². The first-order valence-electron chi connectivity index (χ1n) is 14.2. The summed E-state index contributed by atoms with van der Waals surface area (Å²) in [6.07, 6.45) is 1.61. The highest BCUT2D eigenvalue weighted by molar-refractivity contribution is 5.94. The van der Waals surface area contributed by atoms with E-state index in [1.54, 1.807) is 12.1 Å². The Bertz CT molecular complexity index is 1440. The predicted molar refractivity (Wildman–Crippen MR) is 158 cm³/mol. The van der Waals surface area contributed by atoms with Crippen molar-refractivity contribution in [2.45, 2.75) is 58.4 Å². The number of para-hydroxylation sites is 1. The van der Waals surface area contributed by atoms with Crippen molar-refractivity contribution >= 4 is 28.5 Å². The van der Waals surface area contributed by atoms with Gasteiger partial charge in [-0.15, -0.1) is 5.10 Å². The second kappa shape index (κ2) is 14.3. The number of benzene rings is 3. The van der Waals surface area contributed by atoms with Crippen LogP contribution in [0.1, 0.15) is 57.1 Å². The SMILES string of the molecule is CC[C@H](C(=O)C[C@H](CC(C)C)C(=O)NC(Cc1ccccc1)C(=O)COn1nnc2ccccc21)c1ccccc1. The van der Waals surface area contributed by atoms with Crippen LogP contribution >= 0.6 is 0 Å². The molecule has 214 valence electrons. The number of ketones is 2. The highest BCUT2D eigenvalue weighted by atomic mass is 16.7. The highest BCUT2D eigenvalue weighted by Gasteiger charge is 2.30. The lowest BCUT2D eigenvalue weighted by atomic mass is 9.84. The number of carbonyl (C=O) groups is 3. The maximum Gasteiger partial charge on any atom is 0.224 e. The molecule has 0 aliphatic rings. The molecule has 1 amide bonds. The Morgan fingerprint density at radius 3 is 2.22 bits per heavy atom. The van der Waals surface area contributed by atoms with Gasteiger partial charge in [-0.05, 0) is 53.7 Å². The van der Waals surface area contributed by atoms with E-state index in [4.69, 9.17) is 4.84 Å². The Hall–Kier alpha value is -4.33. The van der Waals surface area contributed by atoms with Crippen LogP contribution in [0.25, 0.3) is 11.0 Å². The van der Waals surface area contributed by atoms with Gasteiger partial charge in [0.05, 0.1) is 6.04 Å². The fraction of sp³-hybridized carbons (Fsp3) is 0.364.